The molecule has 1 aliphatic heterocycles. The van der Waals surface area contributed by atoms with E-state index in [1.165, 1.54) is 36.5 Å². The third-order valence-electron chi connectivity index (χ3n) is 5.19. The number of ether oxygens (including phenoxy) is 1. The number of halogens is 3. The van der Waals surface area contributed by atoms with Crippen LogP contribution in [-0.2, 0) is 16.2 Å². The van der Waals surface area contributed by atoms with Gasteiger partial charge in [-0.2, -0.15) is 13.2 Å². The molecule has 0 spiro atoms. The van der Waals surface area contributed by atoms with Crippen LogP contribution in [0, 0.1) is 0 Å². The summed E-state index contributed by atoms with van der Waals surface area (Å²) in [6, 6.07) is 13.1. The molecule has 35 heavy (non-hydrogen) atoms. The topological polar surface area (TPSA) is 88.0 Å². The Bertz CT molecular complexity index is 1430. The SMILES string of the molecule is CC1(C)C=Cc2c(ccc(C=Nc3ccc(NS(=O)(=O)c4ccccc4C(F)(F)F)cc3)c2O)O1. The molecule has 0 bridgehead atoms. The van der Waals surface area contributed by atoms with Crippen molar-refractivity contribution in [3.05, 3.63) is 83.4 Å². The summed E-state index contributed by atoms with van der Waals surface area (Å²) >= 11 is 0. The average molecular weight is 503 g/mol. The van der Waals surface area contributed by atoms with Gasteiger partial charge in [0.1, 0.15) is 17.1 Å². The summed E-state index contributed by atoms with van der Waals surface area (Å²) in [5.41, 5.74) is -0.228. The number of fused-ring (bicyclic) bond motifs is 1. The molecule has 182 valence electrons. The van der Waals surface area contributed by atoms with E-state index < -0.39 is 32.3 Å². The number of rotatable bonds is 5. The normalized spacial score (nSPS) is 15.0. The Morgan fingerprint density at radius 3 is 2.40 bits per heavy atom. The number of aromatic hydroxyl groups is 1. The second-order valence-electron chi connectivity index (χ2n) is 8.36. The lowest BCUT2D eigenvalue weighted by atomic mass is 10.00. The number of sulfonamides is 1. The van der Waals surface area contributed by atoms with Crippen molar-refractivity contribution in [1.29, 1.82) is 0 Å². The molecule has 0 saturated heterocycles. The standard InChI is InChI=1S/C25H21F3N2O4S/c1-24(2)14-13-19-21(34-24)12-7-16(23(19)31)15-29-17-8-10-18(11-9-17)30-35(32,33)22-6-4-3-5-20(22)25(26,27)28/h3-15,30-31H,1-2H3. The number of phenols is 1. The fourth-order valence-corrected chi connectivity index (χ4v) is 4.75. The van der Waals surface area contributed by atoms with Gasteiger partial charge in [0, 0.05) is 17.5 Å². The Balaban J connectivity index is 1.52. The number of nitrogens with zero attached hydrogens (tertiary/aromatic N) is 1. The summed E-state index contributed by atoms with van der Waals surface area (Å²) in [6.07, 6.45) is 0.248. The number of hydrogen-bond acceptors (Lipinski definition) is 5. The van der Waals surface area contributed by atoms with Gasteiger partial charge < -0.3 is 9.84 Å². The molecule has 6 nitrogen and oxygen atoms in total. The predicted molar refractivity (Wildman–Crippen MR) is 128 cm³/mol. The molecule has 2 N–H and O–H groups in total. The zero-order valence-electron chi connectivity index (χ0n) is 18.7. The van der Waals surface area contributed by atoms with E-state index in [0.717, 1.165) is 12.1 Å². The van der Waals surface area contributed by atoms with Crippen LogP contribution in [-0.4, -0.2) is 25.3 Å². The smallest absolute Gasteiger partial charge is 0.417 e. The Labute approximate surface area is 200 Å². The van der Waals surface area contributed by atoms with Gasteiger partial charge in [-0.1, -0.05) is 12.1 Å². The maximum absolute atomic E-state index is 13.2. The molecular formula is C25H21F3N2O4S. The van der Waals surface area contributed by atoms with E-state index in [9.17, 15) is 26.7 Å². The molecule has 3 aromatic rings. The minimum Gasteiger partial charge on any atom is -0.506 e. The Morgan fingerprint density at radius 1 is 1.03 bits per heavy atom. The average Bonchev–Trinajstić information content (AvgIpc) is 2.78. The fraction of sp³-hybridized carbons (Fsp3) is 0.160. The molecule has 0 atom stereocenters. The molecule has 0 saturated carbocycles. The third-order valence-corrected chi connectivity index (χ3v) is 6.63. The van der Waals surface area contributed by atoms with Gasteiger partial charge in [-0.3, -0.25) is 9.71 Å². The second kappa shape index (κ2) is 8.77. The highest BCUT2D eigenvalue weighted by Gasteiger charge is 2.36. The highest BCUT2D eigenvalue weighted by molar-refractivity contribution is 7.92. The number of nitrogens with one attached hydrogen (secondary N) is 1. The van der Waals surface area contributed by atoms with Crippen LogP contribution < -0.4 is 9.46 Å². The minimum atomic E-state index is -4.82. The number of benzene rings is 3. The molecule has 3 aromatic carbocycles. The molecule has 1 heterocycles. The maximum Gasteiger partial charge on any atom is 0.417 e. The molecule has 0 unspecified atom stereocenters. The van der Waals surface area contributed by atoms with Crippen LogP contribution in [0.2, 0.25) is 0 Å². The van der Waals surface area contributed by atoms with Crippen molar-refractivity contribution in [2.24, 2.45) is 4.99 Å². The van der Waals surface area contributed by atoms with E-state index in [1.807, 2.05) is 19.9 Å². The van der Waals surface area contributed by atoms with Crippen molar-refractivity contribution in [1.82, 2.24) is 0 Å². The van der Waals surface area contributed by atoms with E-state index in [0.29, 0.717) is 28.6 Å². The zero-order chi connectivity index (χ0) is 25.4. The van der Waals surface area contributed by atoms with Crippen LogP contribution in [0.3, 0.4) is 0 Å². The highest BCUT2D eigenvalue weighted by atomic mass is 32.2. The zero-order valence-corrected chi connectivity index (χ0v) is 19.5. The highest BCUT2D eigenvalue weighted by Crippen LogP contribution is 2.38. The molecule has 0 aromatic heterocycles. The number of anilines is 1. The first-order valence-corrected chi connectivity index (χ1v) is 11.9. The molecule has 0 radical (unpaired) electrons. The van der Waals surface area contributed by atoms with E-state index in [2.05, 4.69) is 9.71 Å². The maximum atomic E-state index is 13.2. The first-order chi connectivity index (χ1) is 16.4. The van der Waals surface area contributed by atoms with Crippen molar-refractivity contribution in [3.8, 4) is 11.5 Å². The van der Waals surface area contributed by atoms with E-state index in [-0.39, 0.29) is 11.4 Å². The van der Waals surface area contributed by atoms with E-state index >= 15 is 0 Å². The lowest BCUT2D eigenvalue weighted by Gasteiger charge is -2.28. The summed E-state index contributed by atoms with van der Waals surface area (Å²) in [7, 11) is -4.48. The van der Waals surface area contributed by atoms with Crippen LogP contribution in [0.15, 0.2) is 76.6 Å². The van der Waals surface area contributed by atoms with Crippen molar-refractivity contribution in [3.63, 3.8) is 0 Å². The summed E-state index contributed by atoms with van der Waals surface area (Å²) < 4.78 is 72.8. The van der Waals surface area contributed by atoms with Gasteiger partial charge in [-0.05, 0) is 74.5 Å². The van der Waals surface area contributed by atoms with Gasteiger partial charge in [-0.25, -0.2) is 8.42 Å². The molecule has 10 heteroatoms. The Morgan fingerprint density at radius 2 is 1.71 bits per heavy atom. The summed E-state index contributed by atoms with van der Waals surface area (Å²) in [6.45, 7) is 3.80. The molecule has 0 aliphatic carbocycles. The Kier molecular flexibility index (Phi) is 6.10. The van der Waals surface area contributed by atoms with Crippen LogP contribution in [0.5, 0.6) is 11.5 Å². The van der Waals surface area contributed by atoms with Gasteiger partial charge >= 0.3 is 6.18 Å². The molecular weight excluding hydrogens is 481 g/mol. The molecule has 4 rings (SSSR count). The lowest BCUT2D eigenvalue weighted by molar-refractivity contribution is -0.139. The quantitative estimate of drug-likeness (QED) is 0.410. The van der Waals surface area contributed by atoms with Crippen LogP contribution in [0.4, 0.5) is 24.5 Å². The molecule has 0 fully saturated rings. The van der Waals surface area contributed by atoms with Crippen molar-refractivity contribution in [2.45, 2.75) is 30.5 Å². The Hall–Kier alpha value is -3.79. The summed E-state index contributed by atoms with van der Waals surface area (Å²) in [5, 5.41) is 10.6. The van der Waals surface area contributed by atoms with Crippen LogP contribution in [0.25, 0.3) is 6.08 Å². The van der Waals surface area contributed by atoms with Crippen molar-refractivity contribution in [2.75, 3.05) is 4.72 Å². The van der Waals surface area contributed by atoms with Crippen LogP contribution >= 0.6 is 0 Å². The number of aliphatic imine (C=N–C) groups is 1. The fourth-order valence-electron chi connectivity index (χ4n) is 3.47. The predicted octanol–water partition coefficient (Wildman–Crippen LogP) is 6.15. The van der Waals surface area contributed by atoms with Gasteiger partial charge in [-0.15, -0.1) is 0 Å². The van der Waals surface area contributed by atoms with Crippen molar-refractivity contribution >= 4 is 33.7 Å². The number of hydrogen-bond donors (Lipinski definition) is 2. The number of phenolic OH excluding ortho intramolecular Hbond substituents is 1. The van der Waals surface area contributed by atoms with E-state index in [1.54, 1.807) is 18.2 Å². The number of alkyl halides is 3. The van der Waals surface area contributed by atoms with Crippen molar-refractivity contribution < 1.29 is 31.4 Å². The second-order valence-corrected chi connectivity index (χ2v) is 10.0. The van der Waals surface area contributed by atoms with Gasteiger partial charge in [0.15, 0.2) is 0 Å². The third kappa shape index (κ3) is 5.32. The summed E-state index contributed by atoms with van der Waals surface area (Å²) in [5.74, 6) is 0.557. The lowest BCUT2D eigenvalue weighted by Crippen LogP contribution is -2.27. The molecule has 1 aliphatic rings. The van der Waals surface area contributed by atoms with E-state index in [4.69, 9.17) is 4.74 Å². The van der Waals surface area contributed by atoms with Gasteiger partial charge in [0.2, 0.25) is 0 Å². The first-order valence-electron chi connectivity index (χ1n) is 10.4. The molecule has 0 amide bonds. The summed E-state index contributed by atoms with van der Waals surface area (Å²) in [4.78, 5) is 3.42. The minimum absolute atomic E-state index is 0.00529. The largest absolute Gasteiger partial charge is 0.506 e. The van der Waals surface area contributed by atoms with Gasteiger partial charge in [0.05, 0.1) is 21.7 Å². The first kappa shape index (κ1) is 24.3. The van der Waals surface area contributed by atoms with Gasteiger partial charge in [0.25, 0.3) is 10.0 Å². The monoisotopic (exact) mass is 502 g/mol. The van der Waals surface area contributed by atoms with Crippen LogP contribution in [0.1, 0.15) is 30.5 Å².